The third-order valence-electron chi connectivity index (χ3n) is 4.66. The maximum atomic E-state index is 13.2. The number of nitrogens with one attached hydrogen (secondary N) is 1. The summed E-state index contributed by atoms with van der Waals surface area (Å²) in [5.41, 5.74) is 0.503. The average Bonchev–Trinajstić information content (AvgIpc) is 3.38. The second-order valence-electron chi connectivity index (χ2n) is 6.72. The number of thioether (sulfide) groups is 1. The summed E-state index contributed by atoms with van der Waals surface area (Å²) in [6, 6.07) is 8.92. The van der Waals surface area contributed by atoms with E-state index in [1.54, 1.807) is 43.8 Å². The van der Waals surface area contributed by atoms with E-state index < -0.39 is 0 Å². The van der Waals surface area contributed by atoms with Crippen LogP contribution >= 0.6 is 24.0 Å². The van der Waals surface area contributed by atoms with E-state index in [2.05, 4.69) is 10.3 Å². The molecule has 1 N–H and O–H groups in total. The van der Waals surface area contributed by atoms with Gasteiger partial charge in [-0.25, -0.2) is 4.98 Å². The lowest BCUT2D eigenvalue weighted by molar-refractivity contribution is -0.122. The number of amides is 1. The summed E-state index contributed by atoms with van der Waals surface area (Å²) in [5, 5.41) is 3.16. The van der Waals surface area contributed by atoms with Gasteiger partial charge in [-0.2, -0.15) is 0 Å². The van der Waals surface area contributed by atoms with E-state index in [1.165, 1.54) is 21.1 Å². The number of hydrogen-bond acceptors (Lipinski definition) is 8. The molecule has 8 nitrogen and oxygen atoms in total. The Hall–Kier alpha value is -2.95. The molecule has 160 valence electrons. The molecule has 1 aliphatic rings. The van der Waals surface area contributed by atoms with Crippen LogP contribution in [0.1, 0.15) is 17.7 Å². The normalized spacial score (nSPS) is 15.4. The zero-order chi connectivity index (χ0) is 21.8. The molecule has 10 heteroatoms. The largest absolute Gasteiger partial charge is 0.467 e. The number of anilines is 1. The van der Waals surface area contributed by atoms with Crippen molar-refractivity contribution in [2.75, 3.05) is 25.6 Å². The van der Waals surface area contributed by atoms with Crippen molar-refractivity contribution in [2.24, 2.45) is 0 Å². The predicted molar refractivity (Wildman–Crippen MR) is 124 cm³/mol. The van der Waals surface area contributed by atoms with Gasteiger partial charge in [0.05, 0.1) is 23.3 Å². The Morgan fingerprint density at radius 2 is 2.16 bits per heavy atom. The van der Waals surface area contributed by atoms with Crippen LogP contribution in [0.15, 0.2) is 56.9 Å². The number of carbonyl (C=O) groups excluding carboxylic acids is 1. The van der Waals surface area contributed by atoms with Gasteiger partial charge < -0.3 is 14.5 Å². The van der Waals surface area contributed by atoms with Gasteiger partial charge in [0.25, 0.3) is 11.5 Å². The second-order valence-corrected chi connectivity index (χ2v) is 8.40. The van der Waals surface area contributed by atoms with Crippen LogP contribution in [0, 0.1) is 0 Å². The zero-order valence-electron chi connectivity index (χ0n) is 16.7. The van der Waals surface area contributed by atoms with Crippen molar-refractivity contribution in [2.45, 2.75) is 13.0 Å². The molecule has 0 bridgehead atoms. The molecular weight excluding hydrogens is 436 g/mol. The molecule has 0 unspecified atom stereocenters. The molecule has 4 heterocycles. The van der Waals surface area contributed by atoms with E-state index >= 15 is 0 Å². The van der Waals surface area contributed by atoms with Gasteiger partial charge in [0.1, 0.15) is 21.5 Å². The number of rotatable bonds is 8. The number of nitrogens with zero attached hydrogens (tertiary/aromatic N) is 3. The Balaban J connectivity index is 1.70. The van der Waals surface area contributed by atoms with Crippen LogP contribution in [0.5, 0.6) is 0 Å². The standard InChI is InChI=1S/C21H20N4O4S2/c1-28-10-5-9-25-20(27)16(31-21(25)30)12-15-18(22-13-14-6-4-11-29-14)23-17-7-2-3-8-24(17)19(15)26/h2-4,6-8,11-12,22H,5,9-10,13H2,1H3/b16-12+. The zero-order valence-corrected chi connectivity index (χ0v) is 18.4. The van der Waals surface area contributed by atoms with Crippen LogP contribution in [0.2, 0.25) is 0 Å². The molecule has 0 aromatic carbocycles. The average molecular weight is 457 g/mol. The fraction of sp³-hybridized carbons (Fsp3) is 0.238. The summed E-state index contributed by atoms with van der Waals surface area (Å²) >= 11 is 6.55. The summed E-state index contributed by atoms with van der Waals surface area (Å²) in [5.74, 6) is 0.850. The number of carbonyl (C=O) groups is 1. The van der Waals surface area contributed by atoms with Crippen LogP contribution in [0.4, 0.5) is 5.82 Å². The van der Waals surface area contributed by atoms with Crippen molar-refractivity contribution in [1.82, 2.24) is 14.3 Å². The number of methoxy groups -OCH3 is 1. The van der Waals surface area contributed by atoms with E-state index in [0.29, 0.717) is 52.6 Å². The van der Waals surface area contributed by atoms with Gasteiger partial charge in [-0.05, 0) is 36.8 Å². The van der Waals surface area contributed by atoms with E-state index in [9.17, 15) is 9.59 Å². The number of pyridine rings is 1. The van der Waals surface area contributed by atoms with Crippen LogP contribution in [0.3, 0.4) is 0 Å². The van der Waals surface area contributed by atoms with Crippen molar-refractivity contribution in [3.63, 3.8) is 0 Å². The molecular formula is C21H20N4O4S2. The van der Waals surface area contributed by atoms with Crippen LogP contribution in [-0.2, 0) is 16.1 Å². The van der Waals surface area contributed by atoms with Gasteiger partial charge in [0.15, 0.2) is 0 Å². The molecule has 1 aliphatic heterocycles. The Kier molecular flexibility index (Phi) is 6.50. The topological polar surface area (TPSA) is 89.1 Å². The number of ether oxygens (including phenoxy) is 1. The van der Waals surface area contributed by atoms with Crippen molar-refractivity contribution in [3.8, 4) is 0 Å². The highest BCUT2D eigenvalue weighted by Crippen LogP contribution is 2.33. The molecule has 31 heavy (non-hydrogen) atoms. The van der Waals surface area contributed by atoms with Gasteiger partial charge in [-0.1, -0.05) is 30.0 Å². The van der Waals surface area contributed by atoms with Crippen molar-refractivity contribution >= 4 is 51.7 Å². The highest BCUT2D eigenvalue weighted by Gasteiger charge is 2.32. The molecule has 0 radical (unpaired) electrons. The fourth-order valence-corrected chi connectivity index (χ4v) is 4.43. The number of aromatic nitrogens is 2. The molecule has 4 rings (SSSR count). The fourth-order valence-electron chi connectivity index (χ4n) is 3.14. The minimum absolute atomic E-state index is 0.222. The molecule has 0 aliphatic carbocycles. The molecule has 1 saturated heterocycles. The van der Waals surface area contributed by atoms with Crippen LogP contribution in [0.25, 0.3) is 11.7 Å². The maximum Gasteiger partial charge on any atom is 0.267 e. The molecule has 0 spiro atoms. The predicted octanol–water partition coefficient (Wildman–Crippen LogP) is 3.14. The van der Waals surface area contributed by atoms with Gasteiger partial charge in [-0.15, -0.1) is 0 Å². The highest BCUT2D eigenvalue weighted by atomic mass is 32.2. The number of fused-ring (bicyclic) bond motifs is 1. The summed E-state index contributed by atoms with van der Waals surface area (Å²) < 4.78 is 12.3. The lowest BCUT2D eigenvalue weighted by atomic mass is 10.2. The first-order chi connectivity index (χ1) is 15.1. The van der Waals surface area contributed by atoms with Gasteiger partial charge in [0.2, 0.25) is 0 Å². The van der Waals surface area contributed by atoms with E-state index in [0.717, 1.165) is 0 Å². The minimum atomic E-state index is -0.280. The quantitative estimate of drug-likeness (QED) is 0.314. The number of furan rings is 1. The Bertz CT molecular complexity index is 1200. The molecule has 1 amide bonds. The molecule has 3 aromatic heterocycles. The highest BCUT2D eigenvalue weighted by molar-refractivity contribution is 8.26. The number of hydrogen-bond donors (Lipinski definition) is 1. The lowest BCUT2D eigenvalue weighted by Gasteiger charge is -2.13. The smallest absolute Gasteiger partial charge is 0.267 e. The SMILES string of the molecule is COCCCN1C(=O)/C(=C\c2c(NCc3ccco3)nc3ccccn3c2=O)SC1=S. The lowest BCUT2D eigenvalue weighted by Crippen LogP contribution is -2.29. The minimum Gasteiger partial charge on any atom is -0.467 e. The van der Waals surface area contributed by atoms with Crippen molar-refractivity contribution in [1.29, 1.82) is 0 Å². The Morgan fingerprint density at radius 1 is 1.29 bits per heavy atom. The maximum absolute atomic E-state index is 13.2. The summed E-state index contributed by atoms with van der Waals surface area (Å²) in [4.78, 5) is 32.6. The number of thiocarbonyl (C=S) groups is 1. The van der Waals surface area contributed by atoms with Gasteiger partial charge in [0, 0.05) is 26.5 Å². The third-order valence-corrected chi connectivity index (χ3v) is 6.04. The summed E-state index contributed by atoms with van der Waals surface area (Å²) in [6.07, 6.45) is 5.46. The third kappa shape index (κ3) is 4.55. The van der Waals surface area contributed by atoms with E-state index in [1.807, 2.05) is 12.1 Å². The first-order valence-electron chi connectivity index (χ1n) is 9.60. The molecule has 1 fully saturated rings. The first-order valence-corrected chi connectivity index (χ1v) is 10.8. The summed E-state index contributed by atoms with van der Waals surface area (Å²) in [6.45, 7) is 1.35. The molecule has 0 atom stereocenters. The van der Waals surface area contributed by atoms with Gasteiger partial charge in [-0.3, -0.25) is 18.9 Å². The molecule has 0 saturated carbocycles. The second kappa shape index (κ2) is 9.46. The monoisotopic (exact) mass is 456 g/mol. The Morgan fingerprint density at radius 3 is 2.94 bits per heavy atom. The van der Waals surface area contributed by atoms with E-state index in [-0.39, 0.29) is 17.0 Å². The van der Waals surface area contributed by atoms with Crippen molar-refractivity contribution in [3.05, 3.63) is 69.4 Å². The molecule has 3 aromatic rings. The Labute approximate surface area is 187 Å². The van der Waals surface area contributed by atoms with Crippen molar-refractivity contribution < 1.29 is 13.9 Å². The van der Waals surface area contributed by atoms with E-state index in [4.69, 9.17) is 21.4 Å². The van der Waals surface area contributed by atoms with Crippen LogP contribution in [-0.4, -0.2) is 44.8 Å². The summed E-state index contributed by atoms with van der Waals surface area (Å²) in [7, 11) is 1.61. The van der Waals surface area contributed by atoms with Crippen LogP contribution < -0.4 is 10.9 Å². The van der Waals surface area contributed by atoms with Gasteiger partial charge >= 0.3 is 0 Å². The first kappa shape index (κ1) is 21.3.